The summed E-state index contributed by atoms with van der Waals surface area (Å²) >= 11 is 6.32. The van der Waals surface area contributed by atoms with Crippen molar-refractivity contribution >= 4 is 17.6 Å². The standard InChI is InChI=1S/C24H27ClN2O2/c1-16-8-10-19(11-9-16)12-13-26-14-21-17(2)27(18(3)23(21)24(28)29)15-20-6-4-5-7-22(20)25/h4-11,26H,12-15H2,1-3H3,(H,28,29). The number of hydrogen-bond acceptors (Lipinski definition) is 2. The number of aromatic nitrogens is 1. The van der Waals surface area contributed by atoms with Gasteiger partial charge in [-0.1, -0.05) is 59.6 Å². The van der Waals surface area contributed by atoms with Gasteiger partial charge in [-0.25, -0.2) is 4.79 Å². The van der Waals surface area contributed by atoms with E-state index in [1.54, 1.807) is 0 Å². The second-order valence-electron chi connectivity index (χ2n) is 7.42. The molecule has 29 heavy (non-hydrogen) atoms. The zero-order valence-electron chi connectivity index (χ0n) is 17.1. The molecule has 0 aliphatic heterocycles. The molecule has 3 rings (SSSR count). The lowest BCUT2D eigenvalue weighted by atomic mass is 10.1. The van der Waals surface area contributed by atoms with Crippen LogP contribution in [0, 0.1) is 20.8 Å². The van der Waals surface area contributed by atoms with Gasteiger partial charge in [-0.3, -0.25) is 0 Å². The number of benzene rings is 2. The van der Waals surface area contributed by atoms with Crippen molar-refractivity contribution in [3.05, 3.63) is 92.8 Å². The number of nitrogens with one attached hydrogen (secondary N) is 1. The Balaban J connectivity index is 1.76. The summed E-state index contributed by atoms with van der Waals surface area (Å²) in [7, 11) is 0. The van der Waals surface area contributed by atoms with Crippen LogP contribution < -0.4 is 5.32 Å². The van der Waals surface area contributed by atoms with Crippen LogP contribution in [0.15, 0.2) is 48.5 Å². The number of nitrogens with zero attached hydrogens (tertiary/aromatic N) is 1. The van der Waals surface area contributed by atoms with Crippen molar-refractivity contribution in [1.82, 2.24) is 9.88 Å². The summed E-state index contributed by atoms with van der Waals surface area (Å²) in [6, 6.07) is 16.2. The molecule has 0 saturated carbocycles. The summed E-state index contributed by atoms with van der Waals surface area (Å²) in [6.45, 7) is 7.79. The number of hydrogen-bond donors (Lipinski definition) is 2. The Morgan fingerprint density at radius 2 is 1.72 bits per heavy atom. The second kappa shape index (κ2) is 9.29. The van der Waals surface area contributed by atoms with E-state index < -0.39 is 5.97 Å². The van der Waals surface area contributed by atoms with E-state index in [-0.39, 0.29) is 0 Å². The molecule has 0 aliphatic rings. The van der Waals surface area contributed by atoms with E-state index in [4.69, 9.17) is 11.6 Å². The molecule has 5 heteroatoms. The summed E-state index contributed by atoms with van der Waals surface area (Å²) in [4.78, 5) is 11.9. The maximum Gasteiger partial charge on any atom is 0.337 e. The molecule has 2 N–H and O–H groups in total. The maximum absolute atomic E-state index is 11.9. The van der Waals surface area contributed by atoms with Gasteiger partial charge in [0.25, 0.3) is 0 Å². The minimum absolute atomic E-state index is 0.386. The van der Waals surface area contributed by atoms with Gasteiger partial charge in [0, 0.05) is 35.1 Å². The van der Waals surface area contributed by atoms with Crippen LogP contribution in [0.5, 0.6) is 0 Å². The third-order valence-corrected chi connectivity index (χ3v) is 5.79. The Morgan fingerprint density at radius 1 is 1.03 bits per heavy atom. The normalized spacial score (nSPS) is 11.0. The van der Waals surface area contributed by atoms with Gasteiger partial charge >= 0.3 is 5.97 Å². The summed E-state index contributed by atoms with van der Waals surface area (Å²) < 4.78 is 2.04. The van der Waals surface area contributed by atoms with Crippen molar-refractivity contribution in [2.75, 3.05) is 6.54 Å². The summed E-state index contributed by atoms with van der Waals surface area (Å²) in [5.41, 5.74) is 6.44. The molecule has 0 unspecified atom stereocenters. The van der Waals surface area contributed by atoms with Crippen LogP contribution in [0.3, 0.4) is 0 Å². The minimum Gasteiger partial charge on any atom is -0.478 e. The molecule has 0 bridgehead atoms. The van der Waals surface area contributed by atoms with Crippen molar-refractivity contribution in [2.45, 2.75) is 40.3 Å². The van der Waals surface area contributed by atoms with E-state index in [0.717, 1.165) is 35.5 Å². The number of rotatable bonds is 8. The van der Waals surface area contributed by atoms with Gasteiger partial charge in [-0.05, 0) is 50.9 Å². The number of aromatic carboxylic acids is 1. The van der Waals surface area contributed by atoms with Gasteiger partial charge in [0.15, 0.2) is 0 Å². The van der Waals surface area contributed by atoms with Crippen LogP contribution >= 0.6 is 11.6 Å². The highest BCUT2D eigenvalue weighted by molar-refractivity contribution is 6.31. The Kier molecular flexibility index (Phi) is 6.78. The van der Waals surface area contributed by atoms with Gasteiger partial charge < -0.3 is 15.0 Å². The first-order chi connectivity index (χ1) is 13.9. The molecule has 0 fully saturated rings. The third kappa shape index (κ3) is 4.89. The predicted octanol–water partition coefficient (Wildman–Crippen LogP) is 5.15. The van der Waals surface area contributed by atoms with Crippen molar-refractivity contribution in [2.24, 2.45) is 0 Å². The van der Waals surface area contributed by atoms with Crippen molar-refractivity contribution in [1.29, 1.82) is 0 Å². The third-order valence-electron chi connectivity index (χ3n) is 5.42. The molecule has 0 amide bonds. The SMILES string of the molecule is Cc1ccc(CCNCc2c(C(=O)O)c(C)n(Cc3ccccc3Cl)c2C)cc1. The van der Waals surface area contributed by atoms with E-state index in [0.29, 0.717) is 23.7 Å². The highest BCUT2D eigenvalue weighted by Gasteiger charge is 2.22. The molecule has 0 saturated heterocycles. The molecule has 2 aromatic carbocycles. The lowest BCUT2D eigenvalue weighted by Crippen LogP contribution is -2.18. The summed E-state index contributed by atoms with van der Waals surface area (Å²) in [6.07, 6.45) is 0.904. The molecule has 0 spiro atoms. The van der Waals surface area contributed by atoms with Crippen molar-refractivity contribution < 1.29 is 9.90 Å². The molecule has 0 aliphatic carbocycles. The molecule has 152 valence electrons. The van der Waals surface area contributed by atoms with Crippen LogP contribution in [0.25, 0.3) is 0 Å². The molecule has 0 atom stereocenters. The van der Waals surface area contributed by atoms with Crippen LogP contribution in [0.4, 0.5) is 0 Å². The zero-order chi connectivity index (χ0) is 21.0. The average molecular weight is 411 g/mol. The van der Waals surface area contributed by atoms with Gasteiger partial charge in [-0.2, -0.15) is 0 Å². The molecule has 1 aromatic heterocycles. The molecular formula is C24H27ClN2O2. The highest BCUT2D eigenvalue weighted by atomic mass is 35.5. The van der Waals surface area contributed by atoms with Crippen LogP contribution in [0.2, 0.25) is 5.02 Å². The first-order valence-corrected chi connectivity index (χ1v) is 10.2. The number of halogens is 1. The molecule has 0 radical (unpaired) electrons. The van der Waals surface area contributed by atoms with Gasteiger partial charge in [0.2, 0.25) is 0 Å². The van der Waals surface area contributed by atoms with Gasteiger partial charge in [-0.15, -0.1) is 0 Å². The highest BCUT2D eigenvalue weighted by Crippen LogP contribution is 2.25. The monoisotopic (exact) mass is 410 g/mol. The minimum atomic E-state index is -0.890. The van der Waals surface area contributed by atoms with Gasteiger partial charge in [0.1, 0.15) is 0 Å². The summed E-state index contributed by atoms with van der Waals surface area (Å²) in [5.74, 6) is -0.890. The van der Waals surface area contributed by atoms with Crippen molar-refractivity contribution in [3.8, 4) is 0 Å². The topological polar surface area (TPSA) is 54.3 Å². The average Bonchev–Trinajstić information content (AvgIpc) is 2.92. The second-order valence-corrected chi connectivity index (χ2v) is 7.83. The fourth-order valence-electron chi connectivity index (χ4n) is 3.68. The van der Waals surface area contributed by atoms with Gasteiger partial charge in [0.05, 0.1) is 5.56 Å². The molecule has 4 nitrogen and oxygen atoms in total. The van der Waals surface area contributed by atoms with E-state index >= 15 is 0 Å². The zero-order valence-corrected chi connectivity index (χ0v) is 17.9. The van der Waals surface area contributed by atoms with Crippen LogP contribution in [-0.4, -0.2) is 22.2 Å². The van der Waals surface area contributed by atoms with Crippen LogP contribution in [-0.2, 0) is 19.5 Å². The fraction of sp³-hybridized carbons (Fsp3) is 0.292. The lowest BCUT2D eigenvalue weighted by Gasteiger charge is -2.11. The Hall–Kier alpha value is -2.56. The number of carbonyl (C=O) groups is 1. The predicted molar refractivity (Wildman–Crippen MR) is 118 cm³/mol. The molecular weight excluding hydrogens is 384 g/mol. The quantitative estimate of drug-likeness (QED) is 0.505. The lowest BCUT2D eigenvalue weighted by molar-refractivity contribution is 0.0694. The van der Waals surface area contributed by atoms with E-state index in [2.05, 4.69) is 36.5 Å². The number of carboxylic acid groups (broad SMARTS) is 1. The molecule has 1 heterocycles. The number of carboxylic acids is 1. The maximum atomic E-state index is 11.9. The Bertz CT molecular complexity index is 1010. The largest absolute Gasteiger partial charge is 0.478 e. The number of aryl methyl sites for hydroxylation is 1. The van der Waals surface area contributed by atoms with E-state index in [9.17, 15) is 9.90 Å². The summed E-state index contributed by atoms with van der Waals surface area (Å²) in [5, 5.41) is 13.9. The Labute approximate surface area is 177 Å². The van der Waals surface area contributed by atoms with E-state index in [1.165, 1.54) is 11.1 Å². The first-order valence-electron chi connectivity index (χ1n) is 9.80. The van der Waals surface area contributed by atoms with E-state index in [1.807, 2.05) is 42.7 Å². The Morgan fingerprint density at radius 3 is 2.38 bits per heavy atom. The smallest absolute Gasteiger partial charge is 0.337 e. The fourth-order valence-corrected chi connectivity index (χ4v) is 3.88. The first kappa shape index (κ1) is 21.2. The van der Waals surface area contributed by atoms with Crippen molar-refractivity contribution in [3.63, 3.8) is 0 Å². The van der Waals surface area contributed by atoms with Crippen LogP contribution in [0.1, 0.15) is 44.0 Å². The molecule has 3 aromatic rings.